The van der Waals surface area contributed by atoms with E-state index in [1.807, 2.05) is 5.92 Å². The van der Waals surface area contributed by atoms with Gasteiger partial charge in [-0.25, -0.2) is 4.79 Å². The number of terminal acetylenes is 1. The van der Waals surface area contributed by atoms with Crippen LogP contribution in [0.15, 0.2) is 18.2 Å². The van der Waals surface area contributed by atoms with Gasteiger partial charge in [-0.3, -0.25) is 4.79 Å². The minimum Gasteiger partial charge on any atom is -0.478 e. The summed E-state index contributed by atoms with van der Waals surface area (Å²) in [5, 5.41) is 11.3. The summed E-state index contributed by atoms with van der Waals surface area (Å²) in [6.07, 6.45) is 4.87. The van der Waals surface area contributed by atoms with Crippen LogP contribution < -0.4 is 5.32 Å². The second kappa shape index (κ2) is 4.29. The van der Waals surface area contributed by atoms with Crippen molar-refractivity contribution in [2.75, 3.05) is 5.32 Å². The van der Waals surface area contributed by atoms with Crippen LogP contribution in [0.1, 0.15) is 15.9 Å². The number of aromatic carboxylic acids is 1. The summed E-state index contributed by atoms with van der Waals surface area (Å²) in [6.45, 7) is 1.65. The Morgan fingerprint density at radius 2 is 2.13 bits per heavy atom. The predicted molar refractivity (Wildman–Crippen MR) is 55.6 cm³/mol. The van der Waals surface area contributed by atoms with Crippen LogP contribution >= 0.6 is 0 Å². The second-order valence-electron chi connectivity index (χ2n) is 2.90. The van der Waals surface area contributed by atoms with E-state index in [4.69, 9.17) is 11.5 Å². The summed E-state index contributed by atoms with van der Waals surface area (Å²) in [6, 6.07) is 4.79. The Kier molecular flexibility index (Phi) is 3.09. The highest BCUT2D eigenvalue weighted by Gasteiger charge is 2.13. The molecule has 0 aliphatic rings. The Morgan fingerprint density at radius 3 is 2.67 bits per heavy atom. The second-order valence-corrected chi connectivity index (χ2v) is 2.90. The molecule has 0 radical (unpaired) electrons. The molecule has 4 heteroatoms. The number of aryl methyl sites for hydroxylation is 1. The van der Waals surface area contributed by atoms with Crippen molar-refractivity contribution in [3.05, 3.63) is 29.3 Å². The monoisotopic (exact) mass is 203 g/mol. The van der Waals surface area contributed by atoms with E-state index in [-0.39, 0.29) is 11.3 Å². The lowest BCUT2D eigenvalue weighted by Crippen LogP contribution is -2.13. The van der Waals surface area contributed by atoms with Crippen molar-refractivity contribution >= 4 is 17.6 Å². The number of carbonyl (C=O) groups excluding carboxylic acids is 1. The molecule has 76 valence electrons. The molecule has 0 aliphatic heterocycles. The highest BCUT2D eigenvalue weighted by Crippen LogP contribution is 2.19. The van der Waals surface area contributed by atoms with Crippen LogP contribution in [-0.4, -0.2) is 17.0 Å². The van der Waals surface area contributed by atoms with Gasteiger partial charge in [0.1, 0.15) is 0 Å². The third-order valence-electron chi connectivity index (χ3n) is 1.87. The number of hydrogen-bond donors (Lipinski definition) is 2. The molecule has 0 fully saturated rings. The molecule has 15 heavy (non-hydrogen) atoms. The molecule has 0 heterocycles. The van der Waals surface area contributed by atoms with E-state index >= 15 is 0 Å². The van der Waals surface area contributed by atoms with Gasteiger partial charge in [-0.05, 0) is 24.5 Å². The molecule has 1 aromatic rings. The van der Waals surface area contributed by atoms with E-state index in [2.05, 4.69) is 5.32 Å². The highest BCUT2D eigenvalue weighted by molar-refractivity contribution is 6.07. The van der Waals surface area contributed by atoms with Crippen LogP contribution in [0.3, 0.4) is 0 Å². The molecule has 2 N–H and O–H groups in total. The molecule has 0 bridgehead atoms. The summed E-state index contributed by atoms with van der Waals surface area (Å²) in [4.78, 5) is 21.8. The number of rotatable bonds is 2. The van der Waals surface area contributed by atoms with Crippen LogP contribution in [0.2, 0.25) is 0 Å². The van der Waals surface area contributed by atoms with Gasteiger partial charge in [-0.1, -0.05) is 12.1 Å². The van der Waals surface area contributed by atoms with Gasteiger partial charge in [-0.15, -0.1) is 6.42 Å². The van der Waals surface area contributed by atoms with Gasteiger partial charge < -0.3 is 10.4 Å². The van der Waals surface area contributed by atoms with Crippen molar-refractivity contribution in [3.63, 3.8) is 0 Å². The van der Waals surface area contributed by atoms with E-state index in [0.29, 0.717) is 5.56 Å². The summed E-state index contributed by atoms with van der Waals surface area (Å²) < 4.78 is 0. The van der Waals surface area contributed by atoms with Crippen molar-refractivity contribution in [3.8, 4) is 12.3 Å². The summed E-state index contributed by atoms with van der Waals surface area (Å²) >= 11 is 0. The van der Waals surface area contributed by atoms with Gasteiger partial charge in [0.15, 0.2) is 0 Å². The Labute approximate surface area is 86.9 Å². The standard InChI is InChI=1S/C11H9NO3/c1-3-9(13)12-8-6-4-5-7(2)10(8)11(14)15/h1,4-6H,2H3,(H,12,13)(H,14,15). The maximum absolute atomic E-state index is 10.9. The number of nitrogens with one attached hydrogen (secondary N) is 1. The smallest absolute Gasteiger partial charge is 0.338 e. The first-order chi connectivity index (χ1) is 7.06. The molecule has 0 atom stereocenters. The lowest BCUT2D eigenvalue weighted by molar-refractivity contribution is -0.111. The third-order valence-corrected chi connectivity index (χ3v) is 1.87. The van der Waals surface area contributed by atoms with Crippen LogP contribution in [0.25, 0.3) is 0 Å². The molecule has 4 nitrogen and oxygen atoms in total. The van der Waals surface area contributed by atoms with Gasteiger partial charge in [-0.2, -0.15) is 0 Å². The van der Waals surface area contributed by atoms with Crippen molar-refractivity contribution in [2.24, 2.45) is 0 Å². The molecule has 1 amide bonds. The van der Waals surface area contributed by atoms with Crippen LogP contribution in [0, 0.1) is 19.3 Å². The first-order valence-corrected chi connectivity index (χ1v) is 4.16. The number of benzene rings is 1. The lowest BCUT2D eigenvalue weighted by Gasteiger charge is -2.07. The minimum absolute atomic E-state index is 0.0566. The molecule has 0 saturated heterocycles. The Hall–Kier alpha value is -2.28. The molecule has 0 unspecified atom stereocenters. The highest BCUT2D eigenvalue weighted by atomic mass is 16.4. The predicted octanol–water partition coefficient (Wildman–Crippen LogP) is 1.26. The van der Waals surface area contributed by atoms with Crippen molar-refractivity contribution in [2.45, 2.75) is 6.92 Å². The summed E-state index contributed by atoms with van der Waals surface area (Å²) in [5.41, 5.74) is 0.837. The first-order valence-electron chi connectivity index (χ1n) is 4.16. The van der Waals surface area contributed by atoms with Crippen LogP contribution in [0.4, 0.5) is 5.69 Å². The fourth-order valence-electron chi connectivity index (χ4n) is 1.21. The Balaban J connectivity index is 3.19. The van der Waals surface area contributed by atoms with Gasteiger partial charge in [0.05, 0.1) is 11.3 Å². The van der Waals surface area contributed by atoms with Gasteiger partial charge in [0.25, 0.3) is 5.91 Å². The van der Waals surface area contributed by atoms with Gasteiger partial charge >= 0.3 is 5.97 Å². The maximum atomic E-state index is 10.9. The SMILES string of the molecule is C#CC(=O)Nc1cccc(C)c1C(=O)O. The van der Waals surface area contributed by atoms with Crippen molar-refractivity contribution in [1.29, 1.82) is 0 Å². The Bertz CT molecular complexity index is 457. The average Bonchev–Trinajstić information content (AvgIpc) is 2.17. The van der Waals surface area contributed by atoms with E-state index in [1.165, 1.54) is 6.07 Å². The zero-order valence-electron chi connectivity index (χ0n) is 8.07. The molecule has 0 spiro atoms. The molecular weight excluding hydrogens is 194 g/mol. The van der Waals surface area contributed by atoms with E-state index in [9.17, 15) is 9.59 Å². The first kappa shape index (κ1) is 10.8. The van der Waals surface area contributed by atoms with E-state index in [1.54, 1.807) is 19.1 Å². The Morgan fingerprint density at radius 1 is 1.47 bits per heavy atom. The maximum Gasteiger partial charge on any atom is 0.338 e. The van der Waals surface area contributed by atoms with Gasteiger partial charge in [0.2, 0.25) is 0 Å². The summed E-state index contributed by atoms with van der Waals surface area (Å²) in [7, 11) is 0. The number of amides is 1. The molecule has 1 rings (SSSR count). The largest absolute Gasteiger partial charge is 0.478 e. The van der Waals surface area contributed by atoms with Crippen LogP contribution in [0.5, 0.6) is 0 Å². The number of anilines is 1. The van der Waals surface area contributed by atoms with Crippen molar-refractivity contribution < 1.29 is 14.7 Å². The normalized spacial score (nSPS) is 9.07. The number of carboxylic acids is 1. The number of carbonyl (C=O) groups is 2. The lowest BCUT2D eigenvalue weighted by atomic mass is 10.1. The number of carboxylic acid groups (broad SMARTS) is 1. The average molecular weight is 203 g/mol. The number of hydrogen-bond acceptors (Lipinski definition) is 2. The molecule has 0 saturated carbocycles. The molecule has 1 aromatic carbocycles. The third kappa shape index (κ3) is 2.35. The van der Waals surface area contributed by atoms with E-state index in [0.717, 1.165) is 0 Å². The zero-order chi connectivity index (χ0) is 11.4. The van der Waals surface area contributed by atoms with Gasteiger partial charge in [0, 0.05) is 0 Å². The zero-order valence-corrected chi connectivity index (χ0v) is 8.07. The molecule has 0 aromatic heterocycles. The quantitative estimate of drug-likeness (QED) is 0.711. The fourth-order valence-corrected chi connectivity index (χ4v) is 1.21. The topological polar surface area (TPSA) is 66.4 Å². The summed E-state index contributed by atoms with van der Waals surface area (Å²) in [5.74, 6) is 0.0954. The molecule has 0 aliphatic carbocycles. The van der Waals surface area contributed by atoms with E-state index < -0.39 is 11.9 Å². The van der Waals surface area contributed by atoms with Crippen LogP contribution in [-0.2, 0) is 4.79 Å². The van der Waals surface area contributed by atoms with Crippen molar-refractivity contribution in [1.82, 2.24) is 0 Å². The minimum atomic E-state index is -1.10. The fraction of sp³-hybridized carbons (Fsp3) is 0.0909. The molecular formula is C11H9NO3.